The molecule has 146 valence electrons. The quantitative estimate of drug-likeness (QED) is 0.449. The Morgan fingerprint density at radius 3 is 2.46 bits per heavy atom. The first-order valence-electron chi connectivity index (χ1n) is 9.34. The first kappa shape index (κ1) is 19.9. The van der Waals surface area contributed by atoms with Crippen molar-refractivity contribution >= 4 is 17.3 Å². The van der Waals surface area contributed by atoms with Crippen LogP contribution in [0.3, 0.4) is 0 Å². The summed E-state index contributed by atoms with van der Waals surface area (Å²) in [5.74, 6) is 1.68. The maximum atomic E-state index is 5.78. The van der Waals surface area contributed by atoms with Crippen LogP contribution in [0, 0.1) is 6.92 Å². The zero-order valence-electron chi connectivity index (χ0n) is 16.3. The molecule has 0 atom stereocenters. The Labute approximate surface area is 170 Å². The zero-order chi connectivity index (χ0) is 19.6. The zero-order valence-corrected chi connectivity index (χ0v) is 17.1. The molecule has 2 aromatic carbocycles. The van der Waals surface area contributed by atoms with Crippen molar-refractivity contribution < 1.29 is 4.74 Å². The van der Waals surface area contributed by atoms with Crippen LogP contribution in [0.2, 0.25) is 0 Å². The van der Waals surface area contributed by atoms with E-state index >= 15 is 0 Å². The van der Waals surface area contributed by atoms with Crippen LogP contribution in [-0.2, 0) is 19.6 Å². The average Bonchev–Trinajstić information content (AvgIpc) is 3.15. The van der Waals surface area contributed by atoms with Crippen molar-refractivity contribution in [2.24, 2.45) is 4.99 Å². The van der Waals surface area contributed by atoms with Crippen LogP contribution >= 0.6 is 11.3 Å². The molecule has 0 bridgehead atoms. The van der Waals surface area contributed by atoms with E-state index in [0.29, 0.717) is 6.61 Å². The van der Waals surface area contributed by atoms with Gasteiger partial charge in [-0.15, -0.1) is 11.3 Å². The molecule has 0 fully saturated rings. The first-order chi connectivity index (χ1) is 13.7. The monoisotopic (exact) mass is 394 g/mol. The maximum Gasteiger partial charge on any atom is 0.191 e. The smallest absolute Gasteiger partial charge is 0.191 e. The molecule has 0 aliphatic rings. The lowest BCUT2D eigenvalue weighted by molar-refractivity contribution is 0.306. The summed E-state index contributed by atoms with van der Waals surface area (Å²) in [5, 5.41) is 7.82. The van der Waals surface area contributed by atoms with Gasteiger partial charge in [-0.25, -0.2) is 4.98 Å². The summed E-state index contributed by atoms with van der Waals surface area (Å²) in [6, 6.07) is 18.3. The minimum atomic E-state index is 0.567. The van der Waals surface area contributed by atoms with Crippen molar-refractivity contribution in [1.82, 2.24) is 15.6 Å². The third-order valence-corrected chi connectivity index (χ3v) is 5.13. The fourth-order valence-electron chi connectivity index (χ4n) is 2.65. The van der Waals surface area contributed by atoms with Crippen molar-refractivity contribution in [3.05, 3.63) is 81.8 Å². The van der Waals surface area contributed by atoms with Gasteiger partial charge in [0.1, 0.15) is 12.4 Å². The molecule has 1 heterocycles. The van der Waals surface area contributed by atoms with Gasteiger partial charge in [-0.1, -0.05) is 42.5 Å². The van der Waals surface area contributed by atoms with Crippen molar-refractivity contribution in [3.63, 3.8) is 0 Å². The summed E-state index contributed by atoms with van der Waals surface area (Å²) in [7, 11) is 1.78. The van der Waals surface area contributed by atoms with E-state index in [1.165, 1.54) is 10.4 Å². The standard InChI is InChI=1S/C22H26N4OS/c1-17-14-25-21(28-17)12-13-24-22(23-2)26-15-18-8-10-19(11-9-18)16-27-20-6-4-3-5-7-20/h3-11,14H,12-13,15-16H2,1-2H3,(H2,23,24,26). The SMILES string of the molecule is CN=C(NCCc1ncc(C)s1)NCc1ccc(COc2ccccc2)cc1. The molecule has 0 spiro atoms. The highest BCUT2D eigenvalue weighted by molar-refractivity contribution is 7.11. The van der Waals surface area contributed by atoms with Crippen LogP contribution in [-0.4, -0.2) is 24.5 Å². The average molecular weight is 395 g/mol. The van der Waals surface area contributed by atoms with Gasteiger partial charge in [-0.2, -0.15) is 0 Å². The Bertz CT molecular complexity index is 875. The van der Waals surface area contributed by atoms with Crippen LogP contribution in [0.4, 0.5) is 0 Å². The van der Waals surface area contributed by atoms with Gasteiger partial charge in [-0.05, 0) is 30.2 Å². The van der Waals surface area contributed by atoms with E-state index < -0.39 is 0 Å². The molecule has 0 saturated heterocycles. The van der Waals surface area contributed by atoms with E-state index in [1.54, 1.807) is 18.4 Å². The number of thiazole rings is 1. The predicted octanol–water partition coefficient (Wildman–Crippen LogP) is 3.94. The summed E-state index contributed by atoms with van der Waals surface area (Å²) >= 11 is 1.74. The molecule has 28 heavy (non-hydrogen) atoms. The largest absolute Gasteiger partial charge is 0.489 e. The molecular formula is C22H26N4OS. The number of aromatic nitrogens is 1. The molecule has 0 unspecified atom stereocenters. The number of hydrogen-bond donors (Lipinski definition) is 2. The second-order valence-corrected chi connectivity index (χ2v) is 7.70. The number of aryl methyl sites for hydroxylation is 1. The minimum absolute atomic E-state index is 0.567. The van der Waals surface area contributed by atoms with Crippen LogP contribution in [0.1, 0.15) is 21.0 Å². The Morgan fingerprint density at radius 2 is 1.79 bits per heavy atom. The van der Waals surface area contributed by atoms with E-state index in [1.807, 2.05) is 36.5 Å². The number of rotatable bonds is 8. The Kier molecular flexibility index (Phi) is 7.44. The van der Waals surface area contributed by atoms with E-state index in [0.717, 1.165) is 41.8 Å². The highest BCUT2D eigenvalue weighted by Crippen LogP contribution is 2.12. The summed E-state index contributed by atoms with van der Waals surface area (Å²) in [6.07, 6.45) is 2.82. The van der Waals surface area contributed by atoms with Crippen molar-refractivity contribution in [2.75, 3.05) is 13.6 Å². The van der Waals surface area contributed by atoms with Gasteiger partial charge in [0.2, 0.25) is 0 Å². The number of benzene rings is 2. The van der Waals surface area contributed by atoms with Crippen molar-refractivity contribution in [3.8, 4) is 5.75 Å². The molecular weight excluding hydrogens is 368 g/mol. The molecule has 0 radical (unpaired) electrons. The number of para-hydroxylation sites is 1. The second-order valence-electron chi connectivity index (χ2n) is 6.39. The van der Waals surface area contributed by atoms with Crippen molar-refractivity contribution in [1.29, 1.82) is 0 Å². The van der Waals surface area contributed by atoms with E-state index in [2.05, 4.69) is 51.8 Å². The van der Waals surface area contributed by atoms with Gasteiger partial charge in [-0.3, -0.25) is 4.99 Å². The van der Waals surface area contributed by atoms with Gasteiger partial charge >= 0.3 is 0 Å². The number of nitrogens with zero attached hydrogens (tertiary/aromatic N) is 2. The van der Waals surface area contributed by atoms with Crippen molar-refractivity contribution in [2.45, 2.75) is 26.5 Å². The Hall–Kier alpha value is -2.86. The van der Waals surface area contributed by atoms with Gasteiger partial charge in [0, 0.05) is 37.6 Å². The van der Waals surface area contributed by atoms with Gasteiger partial charge < -0.3 is 15.4 Å². The lowest BCUT2D eigenvalue weighted by Gasteiger charge is -2.12. The first-order valence-corrected chi connectivity index (χ1v) is 10.2. The van der Waals surface area contributed by atoms with Crippen LogP contribution in [0.15, 0.2) is 65.8 Å². The molecule has 2 N–H and O–H groups in total. The summed E-state index contributed by atoms with van der Waals surface area (Å²) in [4.78, 5) is 9.91. The molecule has 0 aliphatic heterocycles. The topological polar surface area (TPSA) is 58.5 Å². The summed E-state index contributed by atoms with van der Waals surface area (Å²) in [6.45, 7) is 4.17. The van der Waals surface area contributed by atoms with E-state index in [9.17, 15) is 0 Å². The lowest BCUT2D eigenvalue weighted by Crippen LogP contribution is -2.37. The summed E-state index contributed by atoms with van der Waals surface area (Å²) < 4.78 is 5.78. The summed E-state index contributed by atoms with van der Waals surface area (Å²) in [5.41, 5.74) is 2.34. The molecule has 0 saturated carbocycles. The second kappa shape index (κ2) is 10.5. The molecule has 1 aromatic heterocycles. The highest BCUT2D eigenvalue weighted by atomic mass is 32.1. The molecule has 3 aromatic rings. The number of ether oxygens (including phenoxy) is 1. The lowest BCUT2D eigenvalue weighted by atomic mass is 10.1. The highest BCUT2D eigenvalue weighted by Gasteiger charge is 2.02. The molecule has 5 nitrogen and oxygen atoms in total. The predicted molar refractivity (Wildman–Crippen MR) is 116 cm³/mol. The van der Waals surface area contributed by atoms with Gasteiger partial charge in [0.05, 0.1) is 5.01 Å². The van der Waals surface area contributed by atoms with Crippen LogP contribution < -0.4 is 15.4 Å². The Morgan fingerprint density at radius 1 is 1.04 bits per heavy atom. The third kappa shape index (κ3) is 6.39. The maximum absolute atomic E-state index is 5.78. The Balaban J connectivity index is 1.40. The molecule has 0 amide bonds. The van der Waals surface area contributed by atoms with Gasteiger partial charge in [0.15, 0.2) is 5.96 Å². The number of nitrogens with one attached hydrogen (secondary N) is 2. The molecule has 6 heteroatoms. The number of hydrogen-bond acceptors (Lipinski definition) is 4. The van der Waals surface area contributed by atoms with E-state index in [4.69, 9.17) is 4.74 Å². The van der Waals surface area contributed by atoms with Crippen LogP contribution in [0.25, 0.3) is 0 Å². The molecule has 3 rings (SSSR count). The third-order valence-electron chi connectivity index (χ3n) is 4.16. The minimum Gasteiger partial charge on any atom is -0.489 e. The normalized spacial score (nSPS) is 11.3. The number of aliphatic imine (C=N–C) groups is 1. The molecule has 0 aliphatic carbocycles. The van der Waals surface area contributed by atoms with Gasteiger partial charge in [0.25, 0.3) is 0 Å². The number of guanidine groups is 1. The van der Waals surface area contributed by atoms with E-state index in [-0.39, 0.29) is 0 Å². The fourth-order valence-corrected chi connectivity index (χ4v) is 3.43. The van der Waals surface area contributed by atoms with Crippen LogP contribution in [0.5, 0.6) is 5.75 Å². The fraction of sp³-hybridized carbons (Fsp3) is 0.273.